The van der Waals surface area contributed by atoms with E-state index in [1.807, 2.05) is 33.8 Å². The first-order valence-corrected chi connectivity index (χ1v) is 23.5. The van der Waals surface area contributed by atoms with Crippen molar-refractivity contribution in [1.29, 1.82) is 0 Å². The molecule has 3 heterocycles. The number of rotatable bonds is 10. The number of phenols is 6. The summed E-state index contributed by atoms with van der Waals surface area (Å²) < 4.78 is 0. The molecule has 7 N–H and O–H groups in total. The fourth-order valence-corrected chi connectivity index (χ4v) is 14.6. The lowest BCUT2D eigenvalue weighted by Crippen LogP contribution is -2.61. The highest BCUT2D eigenvalue weighted by Gasteiger charge is 2.55. The summed E-state index contributed by atoms with van der Waals surface area (Å²) in [4.78, 5) is 34.8. The average molecular weight is 871 g/mol. The number of piperidine rings is 3. The normalized spacial score (nSPS) is 29.2. The van der Waals surface area contributed by atoms with Gasteiger partial charge in [0.25, 0.3) is 0 Å². The second-order valence-electron chi connectivity index (χ2n) is 21.7. The second kappa shape index (κ2) is 15.1. The van der Waals surface area contributed by atoms with Crippen LogP contribution >= 0.6 is 0 Å². The molecule has 0 spiro atoms. The van der Waals surface area contributed by atoms with Gasteiger partial charge in [-0.15, -0.1) is 0 Å². The zero-order valence-electron chi connectivity index (χ0n) is 37.9. The Morgan fingerprint density at radius 2 is 1.09 bits per heavy atom. The van der Waals surface area contributed by atoms with E-state index in [1.165, 1.54) is 38.1 Å². The summed E-state index contributed by atoms with van der Waals surface area (Å²) in [5.74, 6) is -0.193. The van der Waals surface area contributed by atoms with E-state index in [1.54, 1.807) is 19.9 Å². The van der Waals surface area contributed by atoms with Gasteiger partial charge in [-0.1, -0.05) is 39.8 Å². The van der Waals surface area contributed by atoms with Crippen molar-refractivity contribution in [2.24, 2.45) is 50.5 Å². The molecule has 8 fully saturated rings. The predicted octanol–water partition coefficient (Wildman–Crippen LogP) is 9.14. The van der Waals surface area contributed by atoms with Crippen LogP contribution in [0.2, 0.25) is 0 Å². The Labute approximate surface area is 374 Å². The van der Waals surface area contributed by atoms with Crippen LogP contribution in [0.4, 0.5) is 0 Å². The molecule has 1 amide bonds. The van der Waals surface area contributed by atoms with Crippen molar-refractivity contribution in [1.82, 2.24) is 10.3 Å². The number of fused-ring (bicyclic) bond motifs is 2. The van der Waals surface area contributed by atoms with Crippen LogP contribution < -0.4 is 5.43 Å². The van der Waals surface area contributed by atoms with E-state index >= 15 is 0 Å². The van der Waals surface area contributed by atoms with Crippen LogP contribution in [0.25, 0.3) is 32.7 Å². The number of nitrogens with one attached hydrogen (secondary N) is 1. The van der Waals surface area contributed by atoms with Crippen LogP contribution in [0.15, 0.2) is 22.2 Å². The molecule has 12 nitrogen and oxygen atoms in total. The van der Waals surface area contributed by atoms with E-state index in [0.717, 1.165) is 51.7 Å². The standard InChI is InChI=1S/C52H62N4O8/c1-24(2)38-33-7-26(5)40(46(60)42(33)35(44(58)48(38)62)18-53-20-37(57)52-16-31-12-32(17-52)22-56(21-31)23-52)41-27(6)8-34-39(25(3)4)49(63)45(59)36(43(34)47(41)61)19-54-55-50(64)51-13-28-9-29(14-51)11-30(10-28)15-51/h7-8,18-19,24-25,28-32,58-63H,9-17,20-23H2,1-6H3,(H,55,64)/b53-18?,54-19+. The van der Waals surface area contributed by atoms with Gasteiger partial charge in [0.15, 0.2) is 28.8 Å². The van der Waals surface area contributed by atoms with Crippen LogP contribution in [0.3, 0.4) is 0 Å². The first-order valence-electron chi connectivity index (χ1n) is 23.5. The van der Waals surface area contributed by atoms with Gasteiger partial charge in [-0.05, 0) is 135 Å². The maximum Gasteiger partial charge on any atom is 0.246 e. The number of nitrogens with zero attached hydrogens (tertiary/aromatic N) is 3. The zero-order valence-corrected chi connectivity index (χ0v) is 37.9. The molecular weight excluding hydrogens is 809 g/mol. The number of aromatic hydroxyl groups is 6. The van der Waals surface area contributed by atoms with Crippen LogP contribution in [-0.4, -0.2) is 85.8 Å². The van der Waals surface area contributed by atoms with Gasteiger partial charge in [0.2, 0.25) is 5.91 Å². The van der Waals surface area contributed by atoms with Gasteiger partial charge in [-0.2, -0.15) is 5.10 Å². The Kier molecular flexibility index (Phi) is 10.1. The molecule has 64 heavy (non-hydrogen) atoms. The SMILES string of the molecule is Cc1cc2c(C(C)C)c(O)c(O)c(C=NCC(=O)C34CC5CC(CN(C5)C3)C4)c2c(O)c1-c1c(C)cc2c(C(C)C)c(O)c(O)c(/C=N/NC(=O)C34CC5CC(CC(C5)C3)C4)c2c1O. The number of aryl methyl sites for hydroxylation is 2. The summed E-state index contributed by atoms with van der Waals surface area (Å²) >= 11 is 0. The number of carbonyl (C=O) groups excluding carboxylic acids is 2. The Hall–Kier alpha value is -5.36. The molecular formula is C52H62N4O8. The molecule has 3 saturated heterocycles. The highest BCUT2D eigenvalue weighted by molar-refractivity contribution is 6.15. The second-order valence-corrected chi connectivity index (χ2v) is 21.7. The number of aliphatic imine (C=N–C) groups is 1. The number of hydrogen-bond donors (Lipinski definition) is 7. The molecule has 4 aromatic carbocycles. The Balaban J connectivity index is 1.09. The molecule has 2 atom stereocenters. The summed E-state index contributed by atoms with van der Waals surface area (Å²) in [7, 11) is 0. The lowest BCUT2D eigenvalue weighted by molar-refractivity contribution is -0.146. The third kappa shape index (κ3) is 6.47. The van der Waals surface area contributed by atoms with Gasteiger partial charge in [0, 0.05) is 69.9 Å². The minimum atomic E-state index is -0.505. The van der Waals surface area contributed by atoms with E-state index in [-0.39, 0.29) is 86.1 Å². The number of hydrazone groups is 1. The molecule has 2 unspecified atom stereocenters. The van der Waals surface area contributed by atoms with Crippen molar-refractivity contribution in [3.63, 3.8) is 0 Å². The van der Waals surface area contributed by atoms with Crippen LogP contribution in [0.1, 0.15) is 131 Å². The van der Waals surface area contributed by atoms with Gasteiger partial charge in [-0.3, -0.25) is 14.6 Å². The van der Waals surface area contributed by atoms with E-state index in [2.05, 4.69) is 20.4 Å². The summed E-state index contributed by atoms with van der Waals surface area (Å²) in [6.45, 7) is 13.8. The number of amides is 1. The highest BCUT2D eigenvalue weighted by atomic mass is 16.3. The maximum atomic E-state index is 14.0. The van der Waals surface area contributed by atoms with Crippen molar-refractivity contribution in [3.05, 3.63) is 45.5 Å². The maximum absolute atomic E-state index is 14.0. The van der Waals surface area contributed by atoms with Crippen LogP contribution in [0, 0.1) is 54.3 Å². The largest absolute Gasteiger partial charge is 0.507 e. The summed E-state index contributed by atoms with van der Waals surface area (Å²) in [5.41, 5.74) is 4.33. The van der Waals surface area contributed by atoms with E-state index in [4.69, 9.17) is 0 Å². The fraction of sp³-hybridized carbons (Fsp3) is 0.538. The summed E-state index contributed by atoms with van der Waals surface area (Å²) in [6, 6.07) is 3.61. The van der Waals surface area contributed by atoms with Crippen molar-refractivity contribution in [3.8, 4) is 45.6 Å². The molecule has 0 aromatic heterocycles. The number of phenolic OH excluding ortho intramolecular Hbond substituents is 6. The molecule has 12 rings (SSSR count). The molecule has 5 saturated carbocycles. The first-order chi connectivity index (χ1) is 30.4. The van der Waals surface area contributed by atoms with Crippen LogP contribution in [0.5, 0.6) is 34.5 Å². The smallest absolute Gasteiger partial charge is 0.246 e. The van der Waals surface area contributed by atoms with Crippen molar-refractivity contribution in [2.45, 2.75) is 111 Å². The summed E-state index contributed by atoms with van der Waals surface area (Å²) in [6.07, 6.45) is 11.6. The topological polar surface area (TPSA) is 196 Å². The van der Waals surface area contributed by atoms with Gasteiger partial charge in [0.1, 0.15) is 11.5 Å². The number of Topliss-reactive ketones (excluding diaryl/α,β-unsaturated/α-hetero) is 1. The molecule has 8 bridgehead atoms. The van der Waals surface area contributed by atoms with Crippen molar-refractivity contribution in [2.75, 3.05) is 26.2 Å². The molecule has 8 aliphatic rings. The Morgan fingerprint density at radius 1 is 0.656 bits per heavy atom. The first kappa shape index (κ1) is 42.6. The molecule has 0 radical (unpaired) electrons. The number of hydrogen-bond acceptors (Lipinski definition) is 11. The average Bonchev–Trinajstić information content (AvgIpc) is 3.20. The minimum Gasteiger partial charge on any atom is -0.507 e. The van der Waals surface area contributed by atoms with E-state index in [0.29, 0.717) is 62.6 Å². The molecule has 4 aromatic rings. The predicted molar refractivity (Wildman–Crippen MR) is 248 cm³/mol. The third-order valence-electron chi connectivity index (χ3n) is 16.5. The highest BCUT2D eigenvalue weighted by Crippen LogP contribution is 2.60. The van der Waals surface area contributed by atoms with E-state index < -0.39 is 22.3 Å². The third-order valence-corrected chi connectivity index (χ3v) is 16.5. The quantitative estimate of drug-likeness (QED) is 0.0462. The number of benzene rings is 4. The minimum absolute atomic E-state index is 0.00244. The van der Waals surface area contributed by atoms with Gasteiger partial charge < -0.3 is 35.5 Å². The van der Waals surface area contributed by atoms with Crippen molar-refractivity contribution >= 4 is 45.7 Å². The Morgan fingerprint density at radius 3 is 1.55 bits per heavy atom. The monoisotopic (exact) mass is 870 g/mol. The van der Waals surface area contributed by atoms with Gasteiger partial charge in [-0.25, -0.2) is 5.43 Å². The number of ketones is 1. The lowest BCUT2D eigenvalue weighted by Gasteiger charge is -2.57. The molecule has 5 aliphatic carbocycles. The van der Waals surface area contributed by atoms with Crippen molar-refractivity contribution < 1.29 is 40.2 Å². The molecule has 338 valence electrons. The fourth-order valence-electron chi connectivity index (χ4n) is 14.6. The van der Waals surface area contributed by atoms with Gasteiger partial charge in [0.05, 0.1) is 23.7 Å². The Bertz CT molecular complexity index is 2480. The van der Waals surface area contributed by atoms with Gasteiger partial charge >= 0.3 is 0 Å². The van der Waals surface area contributed by atoms with Crippen LogP contribution in [-0.2, 0) is 9.59 Å². The molecule has 3 aliphatic heterocycles. The molecule has 12 heteroatoms. The van der Waals surface area contributed by atoms with E-state index in [9.17, 15) is 40.2 Å². The zero-order chi connectivity index (χ0) is 45.3. The summed E-state index contributed by atoms with van der Waals surface area (Å²) in [5, 5.41) is 77.2. The number of carbonyl (C=O) groups is 2. The lowest BCUT2D eigenvalue weighted by atomic mass is 9.49.